The number of nitrogens with zero attached hydrogens (tertiary/aromatic N) is 1. The van der Waals surface area contributed by atoms with Gasteiger partial charge in [-0.1, -0.05) is 18.2 Å². The van der Waals surface area contributed by atoms with Crippen LogP contribution in [0.3, 0.4) is 0 Å². The van der Waals surface area contributed by atoms with Crippen LogP contribution in [0.25, 0.3) is 17.3 Å². The monoisotopic (exact) mass is 326 g/mol. The molecule has 3 aromatic rings. The van der Waals surface area contributed by atoms with E-state index in [-0.39, 0.29) is 5.91 Å². The first-order valence-electron chi connectivity index (χ1n) is 6.76. The molecular formula is C17H14N2OS2. The Morgan fingerprint density at radius 3 is 2.86 bits per heavy atom. The van der Waals surface area contributed by atoms with Gasteiger partial charge in [0.1, 0.15) is 0 Å². The zero-order chi connectivity index (χ0) is 15.4. The Kier molecular flexibility index (Phi) is 4.46. The predicted molar refractivity (Wildman–Crippen MR) is 94.3 cm³/mol. The van der Waals surface area contributed by atoms with Gasteiger partial charge in [-0.3, -0.25) is 4.79 Å². The van der Waals surface area contributed by atoms with Crippen molar-refractivity contribution in [1.82, 2.24) is 4.98 Å². The van der Waals surface area contributed by atoms with Crippen LogP contribution in [0.2, 0.25) is 0 Å². The number of anilines is 1. The highest BCUT2D eigenvalue weighted by Gasteiger charge is 2.04. The van der Waals surface area contributed by atoms with E-state index < -0.39 is 0 Å². The Morgan fingerprint density at radius 2 is 2.14 bits per heavy atom. The van der Waals surface area contributed by atoms with E-state index in [1.807, 2.05) is 60.2 Å². The number of thiophene rings is 1. The summed E-state index contributed by atoms with van der Waals surface area (Å²) in [6.07, 6.45) is 3.36. The Labute approximate surface area is 137 Å². The smallest absolute Gasteiger partial charge is 0.248 e. The summed E-state index contributed by atoms with van der Waals surface area (Å²) in [4.78, 5) is 17.5. The van der Waals surface area contributed by atoms with Crippen molar-refractivity contribution in [3.05, 3.63) is 63.1 Å². The van der Waals surface area contributed by atoms with Crippen LogP contribution in [0.1, 0.15) is 9.88 Å². The summed E-state index contributed by atoms with van der Waals surface area (Å²) in [5.74, 6) is -0.139. The number of hydrogen-bond acceptors (Lipinski definition) is 4. The molecule has 0 radical (unpaired) electrons. The fourth-order valence-corrected chi connectivity index (χ4v) is 3.22. The minimum atomic E-state index is -0.139. The molecule has 0 saturated heterocycles. The normalized spacial score (nSPS) is 11.0. The van der Waals surface area contributed by atoms with Gasteiger partial charge in [-0.15, -0.1) is 22.7 Å². The fourth-order valence-electron chi connectivity index (χ4n) is 1.98. The molecule has 1 N–H and O–H groups in total. The average molecular weight is 326 g/mol. The standard InChI is InChI=1S/C17H14N2OS2/c1-12-18-16(11-22-12)13-4-2-5-14(10-13)19-17(20)8-7-15-6-3-9-21-15/h2-11H,1H3,(H,19,20)/b8-7+. The van der Waals surface area contributed by atoms with E-state index in [1.54, 1.807) is 28.7 Å². The lowest BCUT2D eigenvalue weighted by Crippen LogP contribution is -2.07. The van der Waals surface area contributed by atoms with Gasteiger partial charge in [-0.25, -0.2) is 4.98 Å². The molecule has 0 aliphatic heterocycles. The quantitative estimate of drug-likeness (QED) is 0.698. The van der Waals surface area contributed by atoms with Gasteiger partial charge in [0.05, 0.1) is 10.7 Å². The number of aryl methyl sites for hydroxylation is 1. The number of benzene rings is 1. The van der Waals surface area contributed by atoms with Gasteiger partial charge in [-0.2, -0.15) is 0 Å². The number of carbonyl (C=O) groups is 1. The van der Waals surface area contributed by atoms with Crippen LogP contribution in [-0.2, 0) is 4.79 Å². The summed E-state index contributed by atoms with van der Waals surface area (Å²) >= 11 is 3.22. The number of carbonyl (C=O) groups excluding carboxylic acids is 1. The molecule has 1 aromatic carbocycles. The van der Waals surface area contributed by atoms with Gasteiger partial charge in [0.2, 0.25) is 5.91 Å². The van der Waals surface area contributed by atoms with Crippen LogP contribution >= 0.6 is 22.7 Å². The van der Waals surface area contributed by atoms with Crippen molar-refractivity contribution in [2.24, 2.45) is 0 Å². The highest BCUT2D eigenvalue weighted by molar-refractivity contribution is 7.10. The van der Waals surface area contributed by atoms with Crippen molar-refractivity contribution >= 4 is 40.3 Å². The molecule has 0 atom stereocenters. The molecule has 0 fully saturated rings. The third-order valence-corrected chi connectivity index (χ3v) is 4.60. The van der Waals surface area contributed by atoms with Crippen molar-refractivity contribution in [2.75, 3.05) is 5.32 Å². The molecule has 0 spiro atoms. The van der Waals surface area contributed by atoms with Crippen molar-refractivity contribution in [2.45, 2.75) is 6.92 Å². The number of aromatic nitrogens is 1. The van der Waals surface area contributed by atoms with Gasteiger partial charge >= 0.3 is 0 Å². The maximum atomic E-state index is 12.0. The van der Waals surface area contributed by atoms with Gasteiger partial charge in [0, 0.05) is 27.6 Å². The van der Waals surface area contributed by atoms with Gasteiger partial charge < -0.3 is 5.32 Å². The maximum absolute atomic E-state index is 12.0. The number of hydrogen-bond donors (Lipinski definition) is 1. The van der Waals surface area contributed by atoms with E-state index in [0.717, 1.165) is 26.8 Å². The molecule has 0 saturated carbocycles. The lowest BCUT2D eigenvalue weighted by molar-refractivity contribution is -0.111. The Morgan fingerprint density at radius 1 is 1.23 bits per heavy atom. The van der Waals surface area contributed by atoms with Crippen molar-refractivity contribution in [1.29, 1.82) is 0 Å². The molecule has 0 aliphatic rings. The van der Waals surface area contributed by atoms with Gasteiger partial charge in [0.25, 0.3) is 0 Å². The minimum absolute atomic E-state index is 0.139. The molecule has 0 aliphatic carbocycles. The lowest BCUT2D eigenvalue weighted by Gasteiger charge is -2.04. The van der Waals surface area contributed by atoms with E-state index in [9.17, 15) is 4.79 Å². The lowest BCUT2D eigenvalue weighted by atomic mass is 10.1. The molecule has 3 nitrogen and oxygen atoms in total. The summed E-state index contributed by atoms with van der Waals surface area (Å²) < 4.78 is 0. The van der Waals surface area contributed by atoms with Crippen molar-refractivity contribution < 1.29 is 4.79 Å². The van der Waals surface area contributed by atoms with Crippen LogP contribution in [0.5, 0.6) is 0 Å². The summed E-state index contributed by atoms with van der Waals surface area (Å²) in [5.41, 5.74) is 2.71. The molecule has 5 heteroatoms. The molecule has 22 heavy (non-hydrogen) atoms. The first kappa shape index (κ1) is 14.7. The van der Waals surface area contributed by atoms with E-state index in [2.05, 4.69) is 10.3 Å². The molecule has 0 bridgehead atoms. The Balaban J connectivity index is 1.71. The molecule has 2 aromatic heterocycles. The second kappa shape index (κ2) is 6.68. The second-order valence-corrected chi connectivity index (χ2v) is 6.71. The summed E-state index contributed by atoms with van der Waals surface area (Å²) in [6, 6.07) is 11.7. The fraction of sp³-hybridized carbons (Fsp3) is 0.0588. The molecule has 0 unspecified atom stereocenters. The zero-order valence-electron chi connectivity index (χ0n) is 11.9. The largest absolute Gasteiger partial charge is 0.322 e. The summed E-state index contributed by atoms with van der Waals surface area (Å²) in [6.45, 7) is 1.98. The first-order chi connectivity index (χ1) is 10.7. The number of rotatable bonds is 4. The molecule has 1 amide bonds. The van der Waals surface area contributed by atoms with Crippen LogP contribution < -0.4 is 5.32 Å². The second-order valence-electron chi connectivity index (χ2n) is 4.67. The molecular weight excluding hydrogens is 312 g/mol. The number of amides is 1. The average Bonchev–Trinajstić information content (AvgIpc) is 3.17. The Bertz CT molecular complexity index is 804. The van der Waals surface area contributed by atoms with Gasteiger partial charge in [-0.05, 0) is 36.6 Å². The van der Waals surface area contributed by atoms with E-state index in [1.165, 1.54) is 0 Å². The first-order valence-corrected chi connectivity index (χ1v) is 8.52. The molecule has 110 valence electrons. The minimum Gasteiger partial charge on any atom is -0.322 e. The van der Waals surface area contributed by atoms with Gasteiger partial charge in [0.15, 0.2) is 0 Å². The van der Waals surface area contributed by atoms with E-state index in [4.69, 9.17) is 0 Å². The Hall–Kier alpha value is -2.24. The third-order valence-electron chi connectivity index (χ3n) is 2.99. The summed E-state index contributed by atoms with van der Waals surface area (Å²) in [7, 11) is 0. The van der Waals surface area contributed by atoms with Crippen LogP contribution in [0, 0.1) is 6.92 Å². The topological polar surface area (TPSA) is 42.0 Å². The maximum Gasteiger partial charge on any atom is 0.248 e. The van der Waals surface area contributed by atoms with Crippen molar-refractivity contribution in [3.8, 4) is 11.3 Å². The third kappa shape index (κ3) is 3.69. The zero-order valence-corrected chi connectivity index (χ0v) is 13.6. The SMILES string of the molecule is Cc1nc(-c2cccc(NC(=O)/C=C/c3cccs3)c2)cs1. The highest BCUT2D eigenvalue weighted by atomic mass is 32.1. The number of thiazole rings is 1. The van der Waals surface area contributed by atoms with Crippen LogP contribution in [0.4, 0.5) is 5.69 Å². The van der Waals surface area contributed by atoms with E-state index >= 15 is 0 Å². The van der Waals surface area contributed by atoms with Crippen LogP contribution in [0.15, 0.2) is 53.2 Å². The molecule has 3 rings (SSSR count). The number of nitrogens with one attached hydrogen (secondary N) is 1. The van der Waals surface area contributed by atoms with E-state index in [0.29, 0.717) is 0 Å². The predicted octanol–water partition coefficient (Wildman–Crippen LogP) is 4.83. The highest BCUT2D eigenvalue weighted by Crippen LogP contribution is 2.24. The van der Waals surface area contributed by atoms with Crippen molar-refractivity contribution in [3.63, 3.8) is 0 Å². The van der Waals surface area contributed by atoms with Crippen LogP contribution in [-0.4, -0.2) is 10.9 Å². The summed E-state index contributed by atoms with van der Waals surface area (Å²) in [5, 5.41) is 7.91. The molecule has 2 heterocycles.